The van der Waals surface area contributed by atoms with Gasteiger partial charge in [-0.15, -0.1) is 0 Å². The molecule has 0 spiro atoms. The molecular formula is C17H15ClO. The molecule has 0 fully saturated rings. The molecule has 0 unspecified atom stereocenters. The van der Waals surface area contributed by atoms with Crippen LogP contribution in [0.25, 0.3) is 5.57 Å². The van der Waals surface area contributed by atoms with E-state index >= 15 is 0 Å². The Hall–Kier alpha value is -1.86. The van der Waals surface area contributed by atoms with Crippen molar-refractivity contribution in [2.45, 2.75) is 13.3 Å². The molecule has 0 aliphatic rings. The average Bonchev–Trinajstić information content (AvgIpc) is 2.46. The molecule has 0 atom stereocenters. The Balaban J connectivity index is 2.38. The van der Waals surface area contributed by atoms with Gasteiger partial charge in [0.05, 0.1) is 0 Å². The zero-order valence-corrected chi connectivity index (χ0v) is 11.5. The molecule has 0 aliphatic heterocycles. The Labute approximate surface area is 118 Å². The summed E-state index contributed by atoms with van der Waals surface area (Å²) in [5.41, 5.74) is 2.35. The zero-order valence-electron chi connectivity index (χ0n) is 10.8. The van der Waals surface area contributed by atoms with Crippen LogP contribution in [0.2, 0.25) is 5.02 Å². The van der Waals surface area contributed by atoms with Gasteiger partial charge in [0.15, 0.2) is 5.78 Å². The quantitative estimate of drug-likeness (QED) is 0.563. The molecule has 0 bridgehead atoms. The Bertz CT molecular complexity index is 582. The fourth-order valence-corrected chi connectivity index (χ4v) is 2.05. The number of hydrogen-bond acceptors (Lipinski definition) is 1. The fourth-order valence-electron chi connectivity index (χ4n) is 1.92. The van der Waals surface area contributed by atoms with Gasteiger partial charge in [-0.25, -0.2) is 0 Å². The summed E-state index contributed by atoms with van der Waals surface area (Å²) < 4.78 is 0. The average molecular weight is 271 g/mol. The highest BCUT2D eigenvalue weighted by Gasteiger charge is 2.13. The Kier molecular flexibility index (Phi) is 4.53. The van der Waals surface area contributed by atoms with Gasteiger partial charge in [-0.3, -0.25) is 4.79 Å². The van der Waals surface area contributed by atoms with E-state index in [2.05, 4.69) is 0 Å². The topological polar surface area (TPSA) is 17.1 Å². The number of carbonyl (C=O) groups excluding carboxylic acids is 1. The highest BCUT2D eigenvalue weighted by atomic mass is 35.5. The van der Waals surface area contributed by atoms with Crippen LogP contribution >= 0.6 is 11.6 Å². The minimum Gasteiger partial charge on any atom is -0.289 e. The van der Waals surface area contributed by atoms with E-state index in [0.717, 1.165) is 17.6 Å². The molecule has 19 heavy (non-hydrogen) atoms. The van der Waals surface area contributed by atoms with Crippen LogP contribution in [0.1, 0.15) is 29.3 Å². The lowest BCUT2D eigenvalue weighted by atomic mass is 9.96. The minimum atomic E-state index is 0.0321. The van der Waals surface area contributed by atoms with E-state index in [-0.39, 0.29) is 5.78 Å². The maximum atomic E-state index is 12.5. The maximum absolute atomic E-state index is 12.5. The maximum Gasteiger partial charge on any atom is 0.193 e. The van der Waals surface area contributed by atoms with Gasteiger partial charge < -0.3 is 0 Å². The second-order valence-corrected chi connectivity index (χ2v) is 4.66. The van der Waals surface area contributed by atoms with Crippen LogP contribution in [0, 0.1) is 0 Å². The number of Topliss-reactive ketones (excluding diaryl/α,β-unsaturated/α-hetero) is 1. The van der Waals surface area contributed by atoms with Crippen molar-refractivity contribution < 1.29 is 4.79 Å². The summed E-state index contributed by atoms with van der Waals surface area (Å²) in [4.78, 5) is 12.5. The summed E-state index contributed by atoms with van der Waals surface area (Å²) in [5.74, 6) is 0.0321. The van der Waals surface area contributed by atoms with Crippen LogP contribution < -0.4 is 0 Å². The van der Waals surface area contributed by atoms with Crippen molar-refractivity contribution in [1.82, 2.24) is 0 Å². The second kappa shape index (κ2) is 6.35. The van der Waals surface area contributed by atoms with Gasteiger partial charge in [-0.2, -0.15) is 0 Å². The van der Waals surface area contributed by atoms with Crippen molar-refractivity contribution in [3.63, 3.8) is 0 Å². The van der Waals surface area contributed by atoms with E-state index in [1.807, 2.05) is 43.3 Å². The fraction of sp³-hybridized carbons (Fsp3) is 0.118. The number of rotatable bonds is 4. The molecule has 2 aromatic rings. The van der Waals surface area contributed by atoms with Crippen molar-refractivity contribution >= 4 is 23.0 Å². The van der Waals surface area contributed by atoms with E-state index in [0.29, 0.717) is 10.6 Å². The van der Waals surface area contributed by atoms with Gasteiger partial charge in [-0.1, -0.05) is 54.9 Å². The molecule has 96 valence electrons. The third-order valence-corrected chi connectivity index (χ3v) is 3.10. The third kappa shape index (κ3) is 3.33. The molecule has 0 amide bonds. The first-order valence-electron chi connectivity index (χ1n) is 6.28. The largest absolute Gasteiger partial charge is 0.289 e. The standard InChI is InChI=1S/C17H15ClO/c1-2-6-16(13-7-4-3-5-8-13)17(19)14-9-11-15(18)12-10-14/h3-12H,2H2,1H3/b16-6-. The van der Waals surface area contributed by atoms with Crippen LogP contribution in [0.5, 0.6) is 0 Å². The molecule has 2 heteroatoms. The van der Waals surface area contributed by atoms with Crippen LogP contribution in [0.15, 0.2) is 60.7 Å². The van der Waals surface area contributed by atoms with Gasteiger partial charge in [0.1, 0.15) is 0 Å². The summed E-state index contributed by atoms with van der Waals surface area (Å²) in [7, 11) is 0. The van der Waals surface area contributed by atoms with E-state index in [1.54, 1.807) is 24.3 Å². The van der Waals surface area contributed by atoms with Gasteiger partial charge >= 0.3 is 0 Å². The van der Waals surface area contributed by atoms with E-state index in [4.69, 9.17) is 11.6 Å². The lowest BCUT2D eigenvalue weighted by Crippen LogP contribution is -2.02. The van der Waals surface area contributed by atoms with Crippen molar-refractivity contribution in [2.75, 3.05) is 0 Å². The number of hydrogen-bond donors (Lipinski definition) is 0. The SMILES string of the molecule is CC/C=C(\C(=O)c1ccc(Cl)cc1)c1ccccc1. The molecule has 0 saturated carbocycles. The van der Waals surface area contributed by atoms with Crippen LogP contribution in [0.3, 0.4) is 0 Å². The monoisotopic (exact) mass is 270 g/mol. The number of benzene rings is 2. The van der Waals surface area contributed by atoms with Crippen molar-refractivity contribution in [3.05, 3.63) is 76.8 Å². The summed E-state index contributed by atoms with van der Waals surface area (Å²) in [6, 6.07) is 16.7. The molecule has 2 rings (SSSR count). The van der Waals surface area contributed by atoms with E-state index in [9.17, 15) is 4.79 Å². The summed E-state index contributed by atoms with van der Waals surface area (Å²) >= 11 is 5.85. The number of allylic oxidation sites excluding steroid dienone is 2. The summed E-state index contributed by atoms with van der Waals surface area (Å²) in [6.45, 7) is 2.03. The Morgan fingerprint density at radius 1 is 1.00 bits per heavy atom. The lowest BCUT2D eigenvalue weighted by molar-refractivity contribution is 0.105. The van der Waals surface area contributed by atoms with Crippen molar-refractivity contribution in [2.24, 2.45) is 0 Å². The number of ketones is 1. The number of carbonyl (C=O) groups is 1. The van der Waals surface area contributed by atoms with E-state index in [1.165, 1.54) is 0 Å². The minimum absolute atomic E-state index is 0.0321. The van der Waals surface area contributed by atoms with Gasteiger partial charge in [0, 0.05) is 16.2 Å². The van der Waals surface area contributed by atoms with Gasteiger partial charge in [-0.05, 0) is 36.2 Å². The zero-order chi connectivity index (χ0) is 13.7. The molecule has 0 saturated heterocycles. The molecule has 0 heterocycles. The Morgan fingerprint density at radius 2 is 1.63 bits per heavy atom. The first-order chi connectivity index (χ1) is 9.22. The van der Waals surface area contributed by atoms with Crippen LogP contribution in [-0.2, 0) is 0 Å². The number of halogens is 1. The molecule has 0 N–H and O–H groups in total. The molecule has 1 nitrogen and oxygen atoms in total. The van der Waals surface area contributed by atoms with Crippen molar-refractivity contribution in [1.29, 1.82) is 0 Å². The molecule has 0 aromatic heterocycles. The molecular weight excluding hydrogens is 256 g/mol. The first-order valence-corrected chi connectivity index (χ1v) is 6.66. The van der Waals surface area contributed by atoms with E-state index < -0.39 is 0 Å². The third-order valence-electron chi connectivity index (χ3n) is 2.84. The summed E-state index contributed by atoms with van der Waals surface area (Å²) in [5, 5.41) is 0.636. The highest BCUT2D eigenvalue weighted by molar-refractivity contribution is 6.31. The second-order valence-electron chi connectivity index (χ2n) is 4.23. The molecule has 0 radical (unpaired) electrons. The van der Waals surface area contributed by atoms with Crippen LogP contribution in [0.4, 0.5) is 0 Å². The van der Waals surface area contributed by atoms with Crippen molar-refractivity contribution in [3.8, 4) is 0 Å². The van der Waals surface area contributed by atoms with Gasteiger partial charge in [0.2, 0.25) is 0 Å². The first kappa shape index (κ1) is 13.6. The lowest BCUT2D eigenvalue weighted by Gasteiger charge is -2.07. The molecule has 2 aromatic carbocycles. The highest BCUT2D eigenvalue weighted by Crippen LogP contribution is 2.21. The smallest absolute Gasteiger partial charge is 0.193 e. The predicted molar refractivity (Wildman–Crippen MR) is 80.5 cm³/mol. The predicted octanol–water partition coefficient (Wildman–Crippen LogP) is 5.02. The Morgan fingerprint density at radius 3 is 2.21 bits per heavy atom. The summed E-state index contributed by atoms with van der Waals surface area (Å²) in [6.07, 6.45) is 2.79. The normalized spacial score (nSPS) is 11.4. The molecule has 0 aliphatic carbocycles. The van der Waals surface area contributed by atoms with Gasteiger partial charge in [0.25, 0.3) is 0 Å². The van der Waals surface area contributed by atoms with Crippen LogP contribution in [-0.4, -0.2) is 5.78 Å².